The lowest BCUT2D eigenvalue weighted by molar-refractivity contribution is -0.118. The molecule has 4 heteroatoms. The summed E-state index contributed by atoms with van der Waals surface area (Å²) < 4.78 is 1.99. The zero-order valence-corrected chi connectivity index (χ0v) is 14.7. The van der Waals surface area contributed by atoms with Crippen molar-refractivity contribution in [2.24, 2.45) is 34.5 Å². The maximum atomic E-state index is 12.2. The monoisotopic (exact) mass is 325 g/mol. The number of rotatable bonds is 1. The van der Waals surface area contributed by atoms with E-state index >= 15 is 0 Å². The molecule has 0 radical (unpaired) electrons. The molecular weight excluding hydrogens is 298 g/mol. The lowest BCUT2D eigenvalue weighted by Crippen LogP contribution is -2.50. The molecule has 0 aromatic carbocycles. The highest BCUT2D eigenvalue weighted by atomic mass is 16.1. The number of fused-ring (bicyclic) bond motifs is 5. The summed E-state index contributed by atoms with van der Waals surface area (Å²) >= 11 is 0. The number of nitrogens with zero attached hydrogens (tertiary/aromatic N) is 3. The van der Waals surface area contributed by atoms with Gasteiger partial charge >= 0.3 is 0 Å². The van der Waals surface area contributed by atoms with Crippen LogP contribution < -0.4 is 0 Å². The smallest absolute Gasteiger partial charge is 0.133 e. The van der Waals surface area contributed by atoms with E-state index in [-0.39, 0.29) is 10.8 Å². The third-order valence-corrected chi connectivity index (χ3v) is 8.33. The van der Waals surface area contributed by atoms with Gasteiger partial charge in [-0.15, -0.1) is 5.10 Å². The average Bonchev–Trinajstić information content (AvgIpc) is 3.22. The van der Waals surface area contributed by atoms with E-state index in [4.69, 9.17) is 0 Å². The minimum atomic E-state index is 0.223. The Morgan fingerprint density at radius 3 is 2.88 bits per heavy atom. The Bertz CT molecular complexity index is 708. The second-order valence-electron chi connectivity index (χ2n) is 9.21. The van der Waals surface area contributed by atoms with Gasteiger partial charge in [-0.05, 0) is 61.2 Å². The largest absolute Gasteiger partial charge is 0.300 e. The summed E-state index contributed by atoms with van der Waals surface area (Å²) in [6.07, 6.45) is 14.1. The molecule has 3 fully saturated rings. The number of allylic oxidation sites excluding steroid dienone is 2. The topological polar surface area (TPSA) is 47.8 Å². The number of aromatic nitrogens is 3. The fourth-order valence-electron chi connectivity index (χ4n) is 7.15. The van der Waals surface area contributed by atoms with Gasteiger partial charge in [-0.1, -0.05) is 25.1 Å². The van der Waals surface area contributed by atoms with E-state index in [1.807, 2.05) is 10.9 Å². The molecule has 0 bridgehead atoms. The lowest BCUT2D eigenvalue weighted by Gasteiger charge is -2.56. The molecule has 0 spiro atoms. The minimum absolute atomic E-state index is 0.223. The standard InChI is InChI=1S/C20H27N3O/c1-19-8-7-17-15(4-3-13-11-14(24)12-20(13,17)2)16(19)5-6-18(19)23-10-9-21-22-23/h6,9-10,13,15-17H,3-5,7-8,11-12H2,1-2H3/t13-,15-,16-,17-,19-,20-/m0/s1. The van der Waals surface area contributed by atoms with Gasteiger partial charge in [-0.25, -0.2) is 4.68 Å². The van der Waals surface area contributed by atoms with Crippen molar-refractivity contribution in [1.82, 2.24) is 15.0 Å². The molecule has 0 amide bonds. The van der Waals surface area contributed by atoms with E-state index in [2.05, 4.69) is 30.2 Å². The zero-order chi connectivity index (χ0) is 16.5. The van der Waals surface area contributed by atoms with Gasteiger partial charge in [-0.2, -0.15) is 0 Å². The van der Waals surface area contributed by atoms with Crippen molar-refractivity contribution >= 4 is 11.5 Å². The first-order chi connectivity index (χ1) is 11.5. The molecule has 4 aliphatic rings. The Morgan fingerprint density at radius 2 is 2.08 bits per heavy atom. The Hall–Kier alpha value is -1.45. The van der Waals surface area contributed by atoms with E-state index in [1.165, 1.54) is 37.8 Å². The molecule has 24 heavy (non-hydrogen) atoms. The summed E-state index contributed by atoms with van der Waals surface area (Å²) in [7, 11) is 0. The highest BCUT2D eigenvalue weighted by Gasteiger charge is 2.60. The number of carbonyl (C=O) groups is 1. The number of ketones is 1. The molecule has 1 aromatic heterocycles. The van der Waals surface area contributed by atoms with Gasteiger partial charge in [0, 0.05) is 24.0 Å². The second-order valence-corrected chi connectivity index (χ2v) is 9.21. The molecule has 4 aliphatic carbocycles. The molecule has 0 N–H and O–H groups in total. The van der Waals surface area contributed by atoms with E-state index in [1.54, 1.807) is 6.20 Å². The van der Waals surface area contributed by atoms with E-state index in [0.29, 0.717) is 17.6 Å². The third kappa shape index (κ3) is 1.77. The van der Waals surface area contributed by atoms with Crippen molar-refractivity contribution in [2.75, 3.05) is 0 Å². The number of carbonyl (C=O) groups excluding carboxylic acids is 1. The minimum Gasteiger partial charge on any atom is -0.300 e. The van der Waals surface area contributed by atoms with Crippen LogP contribution >= 0.6 is 0 Å². The summed E-state index contributed by atoms with van der Waals surface area (Å²) in [5, 5.41) is 8.28. The molecular formula is C20H27N3O. The quantitative estimate of drug-likeness (QED) is 0.785. The third-order valence-electron chi connectivity index (χ3n) is 8.33. The number of hydrogen-bond acceptors (Lipinski definition) is 3. The van der Waals surface area contributed by atoms with Gasteiger partial charge in [-0.3, -0.25) is 4.79 Å². The first-order valence-corrected chi connectivity index (χ1v) is 9.61. The van der Waals surface area contributed by atoms with Crippen LogP contribution in [0.15, 0.2) is 18.5 Å². The summed E-state index contributed by atoms with van der Waals surface area (Å²) in [6.45, 7) is 4.88. The normalized spacial score (nSPS) is 47.1. The lowest BCUT2D eigenvalue weighted by atomic mass is 9.48. The fraction of sp³-hybridized carbons (Fsp3) is 0.750. The van der Waals surface area contributed by atoms with Crippen molar-refractivity contribution in [2.45, 2.75) is 58.8 Å². The number of hydrogen-bond donors (Lipinski definition) is 0. The van der Waals surface area contributed by atoms with Gasteiger partial charge in [0.25, 0.3) is 0 Å². The van der Waals surface area contributed by atoms with Crippen LogP contribution in [-0.4, -0.2) is 20.8 Å². The van der Waals surface area contributed by atoms with E-state index in [9.17, 15) is 4.79 Å². The Morgan fingerprint density at radius 1 is 1.21 bits per heavy atom. The van der Waals surface area contributed by atoms with Gasteiger partial charge in [0.2, 0.25) is 0 Å². The van der Waals surface area contributed by atoms with Crippen molar-refractivity contribution < 1.29 is 4.79 Å². The molecule has 6 atom stereocenters. The molecule has 0 saturated heterocycles. The van der Waals surface area contributed by atoms with Gasteiger partial charge in [0.1, 0.15) is 5.78 Å². The summed E-state index contributed by atoms with van der Waals surface area (Å²) in [5.74, 6) is 3.39. The summed E-state index contributed by atoms with van der Waals surface area (Å²) in [4.78, 5) is 12.2. The fourth-order valence-corrected chi connectivity index (χ4v) is 7.15. The van der Waals surface area contributed by atoms with Crippen molar-refractivity contribution in [3.05, 3.63) is 18.5 Å². The van der Waals surface area contributed by atoms with Crippen molar-refractivity contribution in [3.8, 4) is 0 Å². The molecule has 5 rings (SSSR count). The van der Waals surface area contributed by atoms with Crippen molar-refractivity contribution in [3.63, 3.8) is 0 Å². The average molecular weight is 325 g/mol. The van der Waals surface area contributed by atoms with Crippen LogP contribution in [-0.2, 0) is 4.79 Å². The van der Waals surface area contributed by atoms with E-state index in [0.717, 1.165) is 24.7 Å². The predicted molar refractivity (Wildman–Crippen MR) is 91.8 cm³/mol. The van der Waals surface area contributed by atoms with Crippen LogP contribution in [0.4, 0.5) is 0 Å². The van der Waals surface area contributed by atoms with Gasteiger partial charge < -0.3 is 0 Å². The van der Waals surface area contributed by atoms with Gasteiger partial charge in [0.05, 0.1) is 12.4 Å². The van der Waals surface area contributed by atoms with E-state index < -0.39 is 0 Å². The highest BCUT2D eigenvalue weighted by Crippen LogP contribution is 2.67. The molecule has 1 heterocycles. The summed E-state index contributed by atoms with van der Waals surface area (Å²) in [6, 6.07) is 0. The Labute approximate surface area is 143 Å². The van der Waals surface area contributed by atoms with Crippen LogP contribution in [0.2, 0.25) is 0 Å². The molecule has 0 unspecified atom stereocenters. The Balaban J connectivity index is 1.48. The van der Waals surface area contributed by atoms with Crippen LogP contribution in [0.5, 0.6) is 0 Å². The highest BCUT2D eigenvalue weighted by molar-refractivity contribution is 5.82. The second kappa shape index (κ2) is 4.80. The maximum absolute atomic E-state index is 12.2. The van der Waals surface area contributed by atoms with Crippen LogP contribution in [0.3, 0.4) is 0 Å². The summed E-state index contributed by atoms with van der Waals surface area (Å²) in [5.41, 5.74) is 1.86. The van der Waals surface area contributed by atoms with Crippen LogP contribution in [0, 0.1) is 34.5 Å². The first kappa shape index (κ1) is 14.9. The zero-order valence-electron chi connectivity index (χ0n) is 14.7. The molecule has 0 aliphatic heterocycles. The first-order valence-electron chi connectivity index (χ1n) is 9.61. The molecule has 1 aromatic rings. The Kier molecular flexibility index (Phi) is 2.97. The molecule has 4 nitrogen and oxygen atoms in total. The maximum Gasteiger partial charge on any atom is 0.133 e. The van der Waals surface area contributed by atoms with Crippen LogP contribution in [0.1, 0.15) is 58.8 Å². The van der Waals surface area contributed by atoms with Crippen molar-refractivity contribution in [1.29, 1.82) is 0 Å². The SMILES string of the molecule is C[C@]12CC(=O)C[C@@H]1CC[C@@H]1[C@@H]2CC[C@]2(C)C(n3ccnn3)=CC[C@@H]12. The van der Waals surface area contributed by atoms with Crippen LogP contribution in [0.25, 0.3) is 5.70 Å². The molecule has 3 saturated carbocycles. The predicted octanol–water partition coefficient (Wildman–Crippen LogP) is 3.95. The molecule has 128 valence electrons. The van der Waals surface area contributed by atoms with Gasteiger partial charge in [0.15, 0.2) is 0 Å². The number of Topliss-reactive ketones (excluding diaryl/α,β-unsaturated/α-hetero) is 1.